The lowest BCUT2D eigenvalue weighted by Gasteiger charge is -2.38. The quantitative estimate of drug-likeness (QED) is 0.178. The summed E-state index contributed by atoms with van der Waals surface area (Å²) in [7, 11) is -1.24. The minimum Gasteiger partial charge on any atom is -0.383 e. The molecular weight excluding hydrogens is 520 g/mol. The maximum absolute atomic E-state index is 13.7. The molecule has 4 aromatic rings. The number of nitrogens with one attached hydrogen (secondary N) is 1. The Bertz CT molecular complexity index is 1550. The van der Waals surface area contributed by atoms with Gasteiger partial charge in [0.2, 0.25) is 0 Å². The summed E-state index contributed by atoms with van der Waals surface area (Å²) >= 11 is 0. The van der Waals surface area contributed by atoms with Crippen LogP contribution in [0.1, 0.15) is 31.4 Å². The van der Waals surface area contributed by atoms with Gasteiger partial charge in [-0.1, -0.05) is 63.0 Å². The van der Waals surface area contributed by atoms with Crippen LogP contribution in [-0.2, 0) is 21.1 Å². The van der Waals surface area contributed by atoms with E-state index < -0.39 is 19.9 Å². The van der Waals surface area contributed by atoms with Crippen LogP contribution >= 0.6 is 0 Å². The summed E-state index contributed by atoms with van der Waals surface area (Å²) in [6.45, 7) is 10.4. The van der Waals surface area contributed by atoms with Gasteiger partial charge in [0, 0.05) is 21.2 Å². The van der Waals surface area contributed by atoms with Crippen molar-refractivity contribution in [3.63, 3.8) is 0 Å². The molecule has 2 aromatic heterocycles. The van der Waals surface area contributed by atoms with Crippen molar-refractivity contribution in [2.75, 3.05) is 24.2 Å². The summed E-state index contributed by atoms with van der Waals surface area (Å²) in [5, 5.41) is 10.1. The van der Waals surface area contributed by atoms with Crippen LogP contribution in [0.4, 0.5) is 11.5 Å². The normalized spacial score (nSPS) is 17.9. The molecule has 0 spiro atoms. The number of carbonyl (C=O) groups is 2. The molecule has 0 unspecified atom stereocenters. The van der Waals surface area contributed by atoms with Crippen molar-refractivity contribution in [1.29, 1.82) is 0 Å². The highest BCUT2D eigenvalue weighted by molar-refractivity contribution is 6.76. The van der Waals surface area contributed by atoms with Gasteiger partial charge in [-0.2, -0.15) is 5.10 Å². The summed E-state index contributed by atoms with van der Waals surface area (Å²) in [5.74, 6) is -0.672. The minimum absolute atomic E-state index is 0.172. The number of pyridine rings is 1. The standard InChI is InChI=1S/C30H38N6O3Si/c1-20-9-12-26(23-11-10-21-7-5-6-8-22(21)15-23)35(18-20)30(38)29(37)34-25-17-32-28(31)24-16-33-36(27(24)25)19-39-13-14-40(2,3)4/h5-8,10-11,15-17,20,26H,9,12-14,18-19H2,1-4H3,(H2,31,32)(H,34,37)/t20-,26+/m0/s1. The fourth-order valence-corrected chi connectivity index (χ4v) is 6.04. The number of rotatable bonds is 7. The number of hydrogen-bond acceptors (Lipinski definition) is 6. The summed E-state index contributed by atoms with van der Waals surface area (Å²) in [6.07, 6.45) is 4.87. The summed E-state index contributed by atoms with van der Waals surface area (Å²) < 4.78 is 7.55. The number of amides is 2. The number of nitrogen functional groups attached to an aromatic ring is 1. The zero-order chi connectivity index (χ0) is 28.4. The van der Waals surface area contributed by atoms with Crippen LogP contribution in [0.2, 0.25) is 25.7 Å². The van der Waals surface area contributed by atoms with Gasteiger partial charge >= 0.3 is 11.8 Å². The molecule has 9 nitrogen and oxygen atoms in total. The van der Waals surface area contributed by atoms with Crippen molar-refractivity contribution < 1.29 is 14.3 Å². The first-order chi connectivity index (χ1) is 19.1. The molecule has 5 rings (SSSR count). The van der Waals surface area contributed by atoms with Gasteiger partial charge in [-0.25, -0.2) is 9.67 Å². The molecule has 1 aliphatic rings. The topological polar surface area (TPSA) is 115 Å². The van der Waals surface area contributed by atoms with Crippen LogP contribution in [0, 0.1) is 5.92 Å². The van der Waals surface area contributed by atoms with Gasteiger partial charge in [-0.05, 0) is 47.2 Å². The summed E-state index contributed by atoms with van der Waals surface area (Å²) in [5.41, 5.74) is 8.11. The van der Waals surface area contributed by atoms with Crippen LogP contribution < -0.4 is 11.1 Å². The number of nitrogens with zero attached hydrogens (tertiary/aromatic N) is 4. The molecule has 3 heterocycles. The molecule has 2 amide bonds. The van der Waals surface area contributed by atoms with Crippen molar-refractivity contribution >= 4 is 53.1 Å². The third-order valence-electron chi connectivity index (χ3n) is 7.59. The van der Waals surface area contributed by atoms with Gasteiger partial charge in [0.25, 0.3) is 0 Å². The Morgan fingerprint density at radius 2 is 1.88 bits per heavy atom. The average molecular weight is 559 g/mol. The van der Waals surface area contributed by atoms with E-state index in [1.165, 1.54) is 6.20 Å². The first-order valence-electron chi connectivity index (χ1n) is 13.9. The number of nitrogens with two attached hydrogens (primary N) is 1. The second-order valence-electron chi connectivity index (χ2n) is 12.0. The van der Waals surface area contributed by atoms with Gasteiger partial charge in [0.15, 0.2) is 0 Å². The SMILES string of the molecule is C[C@H]1CC[C@H](c2ccc3ccccc3c2)N(C(=O)C(=O)Nc2cnc(N)c3cnn(COCC[Si](C)(C)C)c23)C1. The number of piperidine rings is 1. The van der Waals surface area contributed by atoms with E-state index in [0.717, 1.165) is 35.2 Å². The van der Waals surface area contributed by atoms with Gasteiger partial charge < -0.3 is 20.7 Å². The smallest absolute Gasteiger partial charge is 0.314 e. The fraction of sp³-hybridized carbons (Fsp3) is 0.400. The Morgan fingerprint density at radius 1 is 1.10 bits per heavy atom. The van der Waals surface area contributed by atoms with Gasteiger partial charge in [0.05, 0.1) is 35.0 Å². The molecule has 1 fully saturated rings. The molecule has 210 valence electrons. The van der Waals surface area contributed by atoms with E-state index in [9.17, 15) is 9.59 Å². The van der Waals surface area contributed by atoms with Gasteiger partial charge in [-0.3, -0.25) is 9.59 Å². The van der Waals surface area contributed by atoms with E-state index in [2.05, 4.69) is 72.3 Å². The van der Waals surface area contributed by atoms with Crippen molar-refractivity contribution in [2.24, 2.45) is 5.92 Å². The molecule has 1 aliphatic heterocycles. The number of aromatic nitrogens is 3. The Hall–Kier alpha value is -3.76. The number of likely N-dealkylation sites (tertiary alicyclic amines) is 1. The number of fused-ring (bicyclic) bond motifs is 2. The highest BCUT2D eigenvalue weighted by atomic mass is 28.3. The molecule has 0 radical (unpaired) electrons. The molecule has 1 saturated heterocycles. The zero-order valence-corrected chi connectivity index (χ0v) is 24.7. The first-order valence-corrected chi connectivity index (χ1v) is 17.6. The van der Waals surface area contributed by atoms with E-state index in [1.807, 2.05) is 12.1 Å². The van der Waals surface area contributed by atoms with Crippen molar-refractivity contribution in [3.8, 4) is 0 Å². The summed E-state index contributed by atoms with van der Waals surface area (Å²) in [4.78, 5) is 33.0. The molecule has 0 aliphatic carbocycles. The van der Waals surface area contributed by atoms with Gasteiger partial charge in [-0.15, -0.1) is 0 Å². The first kappa shape index (κ1) is 27.8. The number of anilines is 2. The van der Waals surface area contributed by atoms with Crippen LogP contribution in [0.15, 0.2) is 54.9 Å². The van der Waals surface area contributed by atoms with E-state index >= 15 is 0 Å². The minimum atomic E-state index is -1.24. The van der Waals surface area contributed by atoms with E-state index in [4.69, 9.17) is 10.5 Å². The highest BCUT2D eigenvalue weighted by Gasteiger charge is 2.34. The summed E-state index contributed by atoms with van der Waals surface area (Å²) in [6, 6.07) is 15.3. The predicted molar refractivity (Wildman–Crippen MR) is 161 cm³/mol. The van der Waals surface area contributed by atoms with Crippen molar-refractivity contribution in [3.05, 3.63) is 60.4 Å². The van der Waals surface area contributed by atoms with E-state index in [0.29, 0.717) is 41.5 Å². The number of ether oxygens (including phenoxy) is 1. The molecule has 2 aromatic carbocycles. The maximum atomic E-state index is 13.7. The third-order valence-corrected chi connectivity index (χ3v) is 9.30. The lowest BCUT2D eigenvalue weighted by atomic mass is 9.89. The zero-order valence-electron chi connectivity index (χ0n) is 23.7. The van der Waals surface area contributed by atoms with Crippen molar-refractivity contribution in [1.82, 2.24) is 19.7 Å². The Morgan fingerprint density at radius 3 is 2.65 bits per heavy atom. The highest BCUT2D eigenvalue weighted by Crippen LogP contribution is 2.35. The molecule has 0 saturated carbocycles. The average Bonchev–Trinajstić information content (AvgIpc) is 3.36. The lowest BCUT2D eigenvalue weighted by molar-refractivity contribution is -0.146. The third kappa shape index (κ3) is 6.02. The predicted octanol–water partition coefficient (Wildman–Crippen LogP) is 5.42. The fourth-order valence-electron chi connectivity index (χ4n) is 5.29. The molecule has 10 heteroatoms. The molecule has 40 heavy (non-hydrogen) atoms. The Labute approximate surface area is 235 Å². The number of hydrogen-bond donors (Lipinski definition) is 2. The number of benzene rings is 2. The van der Waals surface area contributed by atoms with E-state index in [-0.39, 0.29) is 12.8 Å². The number of carbonyl (C=O) groups excluding carboxylic acids is 2. The monoisotopic (exact) mass is 558 g/mol. The molecule has 0 bridgehead atoms. The van der Waals surface area contributed by atoms with Crippen LogP contribution in [0.5, 0.6) is 0 Å². The van der Waals surface area contributed by atoms with Crippen LogP contribution in [0.3, 0.4) is 0 Å². The second-order valence-corrected chi connectivity index (χ2v) is 17.6. The van der Waals surface area contributed by atoms with Gasteiger partial charge in [0.1, 0.15) is 12.5 Å². The Kier molecular flexibility index (Phi) is 7.91. The van der Waals surface area contributed by atoms with E-state index in [1.54, 1.807) is 15.8 Å². The maximum Gasteiger partial charge on any atom is 0.314 e. The largest absolute Gasteiger partial charge is 0.383 e. The Balaban J connectivity index is 1.37. The van der Waals surface area contributed by atoms with Crippen LogP contribution in [-0.4, -0.2) is 52.7 Å². The molecule has 3 N–H and O–H groups in total. The lowest BCUT2D eigenvalue weighted by Crippen LogP contribution is -2.46. The van der Waals surface area contributed by atoms with Crippen LogP contribution in [0.25, 0.3) is 21.7 Å². The molecular formula is C30H38N6O3Si. The second kappa shape index (κ2) is 11.4. The van der Waals surface area contributed by atoms with Crippen molar-refractivity contribution in [2.45, 2.75) is 58.2 Å². The molecule has 2 atom stereocenters.